The van der Waals surface area contributed by atoms with E-state index in [9.17, 15) is 31.6 Å². The van der Waals surface area contributed by atoms with Crippen LogP contribution in [0, 0.1) is 11.3 Å². The van der Waals surface area contributed by atoms with Gasteiger partial charge in [0.25, 0.3) is 0 Å². The molecule has 216 valence electrons. The number of hydrogen-bond acceptors (Lipinski definition) is 7. The molecule has 2 aromatic rings. The van der Waals surface area contributed by atoms with Crippen LogP contribution in [0.1, 0.15) is 71.9 Å². The first-order valence-electron chi connectivity index (χ1n) is 12.8. The summed E-state index contributed by atoms with van der Waals surface area (Å²) in [5.74, 6) is 0.189. The van der Waals surface area contributed by atoms with Gasteiger partial charge >= 0.3 is 12.4 Å². The molecule has 0 bridgehead atoms. The number of rotatable bonds is 6. The number of ether oxygens (including phenoxy) is 1. The van der Waals surface area contributed by atoms with Crippen LogP contribution in [0.5, 0.6) is 0 Å². The zero-order valence-corrected chi connectivity index (χ0v) is 22.1. The first-order valence-corrected chi connectivity index (χ1v) is 12.8. The van der Waals surface area contributed by atoms with Crippen molar-refractivity contribution < 1.29 is 31.1 Å². The third kappa shape index (κ3) is 6.62. The van der Waals surface area contributed by atoms with Gasteiger partial charge in [-0.2, -0.15) is 31.6 Å². The number of methoxy groups -OCH3 is 1. The summed E-state index contributed by atoms with van der Waals surface area (Å²) in [6, 6.07) is 8.33. The van der Waals surface area contributed by atoms with Gasteiger partial charge in [0.05, 0.1) is 28.4 Å². The van der Waals surface area contributed by atoms with Crippen LogP contribution in [-0.2, 0) is 35.8 Å². The highest BCUT2D eigenvalue weighted by atomic mass is 19.4. The fourth-order valence-electron chi connectivity index (χ4n) is 5.34. The second-order valence-corrected chi connectivity index (χ2v) is 10.1. The van der Waals surface area contributed by atoms with E-state index in [2.05, 4.69) is 16.1 Å². The maximum absolute atomic E-state index is 13.8. The number of hydrazine groups is 2. The largest absolute Gasteiger partial charge is 0.416 e. The van der Waals surface area contributed by atoms with Crippen molar-refractivity contribution in [3.05, 3.63) is 69.8 Å². The molecule has 1 fully saturated rings. The lowest BCUT2D eigenvalue weighted by atomic mass is 9.82. The van der Waals surface area contributed by atoms with Gasteiger partial charge in [-0.1, -0.05) is 31.7 Å². The molecule has 2 aromatic carbocycles. The normalized spacial score (nSPS) is 17.8. The minimum Gasteiger partial charge on any atom is -0.374 e. The van der Waals surface area contributed by atoms with Crippen LogP contribution in [0.2, 0.25) is 0 Å². The van der Waals surface area contributed by atoms with E-state index in [0.29, 0.717) is 24.0 Å². The van der Waals surface area contributed by atoms with Gasteiger partial charge in [-0.05, 0) is 59.9 Å². The fourth-order valence-corrected chi connectivity index (χ4v) is 5.34. The summed E-state index contributed by atoms with van der Waals surface area (Å²) in [6.07, 6.45) is -4.35. The molecule has 1 aliphatic carbocycles. The molecule has 40 heavy (non-hydrogen) atoms. The third-order valence-corrected chi connectivity index (χ3v) is 7.28. The average molecular weight is 569 g/mol. The number of nitriles is 1. The Balaban J connectivity index is 1.80. The predicted octanol–water partition coefficient (Wildman–Crippen LogP) is 6.02. The fraction of sp³-hybridized carbons (Fsp3) is 0.481. The van der Waals surface area contributed by atoms with Crippen LogP contribution in [-0.4, -0.2) is 30.1 Å². The Kier molecular flexibility index (Phi) is 8.51. The zero-order valence-electron chi connectivity index (χ0n) is 22.1. The Morgan fingerprint density at radius 2 is 1.65 bits per heavy atom. The van der Waals surface area contributed by atoms with Crippen molar-refractivity contribution in [3.8, 4) is 6.07 Å². The van der Waals surface area contributed by atoms with Crippen molar-refractivity contribution in [2.45, 2.75) is 69.6 Å². The summed E-state index contributed by atoms with van der Waals surface area (Å²) < 4.78 is 88.1. The molecule has 1 saturated carbocycles. The minimum absolute atomic E-state index is 0.121. The topological polar surface area (TPSA) is 75.9 Å². The quantitative estimate of drug-likeness (QED) is 0.328. The highest BCUT2D eigenvalue weighted by molar-refractivity contribution is 5.80. The number of alkyl halides is 6. The summed E-state index contributed by atoms with van der Waals surface area (Å²) in [4.78, 5) is 1.53. The maximum atomic E-state index is 13.8. The average Bonchev–Trinajstić information content (AvgIpc) is 3.19. The molecule has 1 aliphatic heterocycles. The number of nitrogens with one attached hydrogen (secondary N) is 2. The Labute approximate surface area is 228 Å². The molecule has 0 unspecified atom stereocenters. The highest BCUT2D eigenvalue weighted by Crippen LogP contribution is 2.42. The Morgan fingerprint density at radius 3 is 2.20 bits per heavy atom. The van der Waals surface area contributed by atoms with Gasteiger partial charge in [-0.15, -0.1) is 10.2 Å². The molecule has 1 heterocycles. The standard InChI is InChI=1S/C27H30F6N6O/c1-38-36-24(35-37-38)39(16-19-11-18(15-34)12-22(13-19)27(31,32)33)17-20-14-21(26(28,29)30)7-8-23(20)25(40-2)9-5-3-4-6-10-25/h7-8,11-14,37H,3-6,9-10,16-17H2,1-2H3,(H,35,36). The number of nitrogens with zero attached hydrogens (tertiary/aromatic N) is 4. The van der Waals surface area contributed by atoms with Crippen molar-refractivity contribution >= 4 is 5.96 Å². The molecule has 0 spiro atoms. The first-order chi connectivity index (χ1) is 18.8. The van der Waals surface area contributed by atoms with Crippen LogP contribution < -0.4 is 11.0 Å². The summed E-state index contributed by atoms with van der Waals surface area (Å²) in [7, 11) is 3.16. The lowest BCUT2D eigenvalue weighted by molar-refractivity contribution is -0.138. The smallest absolute Gasteiger partial charge is 0.374 e. The van der Waals surface area contributed by atoms with Crippen LogP contribution in [0.25, 0.3) is 0 Å². The van der Waals surface area contributed by atoms with E-state index >= 15 is 0 Å². The van der Waals surface area contributed by atoms with E-state index in [4.69, 9.17) is 4.74 Å². The predicted molar refractivity (Wildman–Crippen MR) is 135 cm³/mol. The van der Waals surface area contributed by atoms with Gasteiger partial charge in [0.15, 0.2) is 0 Å². The van der Waals surface area contributed by atoms with Gasteiger partial charge < -0.3 is 9.64 Å². The SMILES string of the molecule is COC1(c2ccc(C(F)(F)F)cc2CN(Cc2cc(C#N)cc(C(F)(F)F)c2)C2=NNN(C)N2)CCCCCC1. The van der Waals surface area contributed by atoms with E-state index in [-0.39, 0.29) is 30.2 Å². The number of hydrogen-bond donors (Lipinski definition) is 2. The number of guanidine groups is 1. The lowest BCUT2D eigenvalue weighted by Gasteiger charge is -2.35. The third-order valence-electron chi connectivity index (χ3n) is 7.28. The van der Waals surface area contributed by atoms with Crippen LogP contribution >= 0.6 is 0 Å². The second kappa shape index (κ2) is 11.5. The van der Waals surface area contributed by atoms with E-state index in [1.165, 1.54) is 22.2 Å². The van der Waals surface area contributed by atoms with Gasteiger partial charge in [-0.25, -0.2) is 5.53 Å². The summed E-state index contributed by atoms with van der Waals surface area (Å²) in [6.45, 7) is -0.292. The second-order valence-electron chi connectivity index (χ2n) is 10.1. The molecule has 0 saturated heterocycles. The van der Waals surface area contributed by atoms with Crippen molar-refractivity contribution in [3.63, 3.8) is 0 Å². The highest BCUT2D eigenvalue weighted by Gasteiger charge is 2.38. The van der Waals surface area contributed by atoms with Crippen LogP contribution in [0.15, 0.2) is 41.5 Å². The molecule has 0 radical (unpaired) electrons. The Bertz CT molecular complexity index is 1280. The molecule has 0 aromatic heterocycles. The van der Waals surface area contributed by atoms with Gasteiger partial charge in [0.1, 0.15) is 0 Å². The van der Waals surface area contributed by atoms with E-state index in [0.717, 1.165) is 49.9 Å². The molecular weight excluding hydrogens is 538 g/mol. The summed E-state index contributed by atoms with van der Waals surface area (Å²) in [5.41, 5.74) is 3.82. The maximum Gasteiger partial charge on any atom is 0.416 e. The van der Waals surface area contributed by atoms with Crippen molar-refractivity contribution in [2.75, 3.05) is 14.2 Å². The van der Waals surface area contributed by atoms with Gasteiger partial charge in [-0.3, -0.25) is 5.43 Å². The summed E-state index contributed by atoms with van der Waals surface area (Å²) >= 11 is 0. The number of halogens is 6. The molecule has 2 aliphatic rings. The minimum atomic E-state index is -4.68. The number of hydrazone groups is 1. The molecule has 7 nitrogen and oxygen atoms in total. The zero-order chi connectivity index (χ0) is 29.1. The number of benzene rings is 2. The molecular formula is C27H30F6N6O. The molecule has 0 amide bonds. The monoisotopic (exact) mass is 568 g/mol. The Hall–Kier alpha value is -3.50. The van der Waals surface area contributed by atoms with Gasteiger partial charge in [0.2, 0.25) is 5.96 Å². The van der Waals surface area contributed by atoms with Crippen molar-refractivity contribution in [1.29, 1.82) is 5.26 Å². The van der Waals surface area contributed by atoms with Crippen molar-refractivity contribution in [2.24, 2.45) is 5.10 Å². The van der Waals surface area contributed by atoms with E-state index in [1.807, 2.05) is 0 Å². The van der Waals surface area contributed by atoms with Crippen molar-refractivity contribution in [1.82, 2.24) is 21.0 Å². The van der Waals surface area contributed by atoms with E-state index in [1.54, 1.807) is 20.2 Å². The van der Waals surface area contributed by atoms with Crippen LogP contribution in [0.4, 0.5) is 26.3 Å². The first kappa shape index (κ1) is 29.5. The van der Waals surface area contributed by atoms with Crippen LogP contribution in [0.3, 0.4) is 0 Å². The van der Waals surface area contributed by atoms with Gasteiger partial charge in [0, 0.05) is 27.2 Å². The molecule has 0 atom stereocenters. The molecule has 4 rings (SSSR count). The lowest BCUT2D eigenvalue weighted by Crippen LogP contribution is -2.44. The Morgan fingerprint density at radius 1 is 0.975 bits per heavy atom. The van der Waals surface area contributed by atoms with E-state index < -0.39 is 29.1 Å². The molecule has 2 N–H and O–H groups in total. The molecule has 13 heteroatoms. The summed E-state index contributed by atoms with van der Waals surface area (Å²) in [5, 5.41) is 14.9.